The van der Waals surface area contributed by atoms with Crippen molar-refractivity contribution in [2.75, 3.05) is 13.2 Å². The van der Waals surface area contributed by atoms with E-state index in [9.17, 15) is 9.59 Å². The predicted molar refractivity (Wildman–Crippen MR) is 50.0 cm³/mol. The van der Waals surface area contributed by atoms with E-state index in [4.69, 9.17) is 14.7 Å². The standard InChI is InChI=1S/C9H15NO5/c1-9(2,3)15-8(13)10-4-6(5-14-10)7(11)12/h6H,4-5H2,1-3H3,(H,11,12)/t6-/m1/s1. The van der Waals surface area contributed by atoms with Gasteiger partial charge in [0.15, 0.2) is 0 Å². The minimum Gasteiger partial charge on any atom is -0.481 e. The van der Waals surface area contributed by atoms with Crippen molar-refractivity contribution in [3.05, 3.63) is 0 Å². The molecule has 0 saturated carbocycles. The highest BCUT2D eigenvalue weighted by Crippen LogP contribution is 2.17. The highest BCUT2D eigenvalue weighted by Gasteiger charge is 2.34. The minimum atomic E-state index is -0.971. The maximum atomic E-state index is 11.4. The van der Waals surface area contributed by atoms with Crippen LogP contribution in [0, 0.1) is 5.92 Å². The van der Waals surface area contributed by atoms with Gasteiger partial charge in [0.25, 0.3) is 0 Å². The number of rotatable bonds is 1. The van der Waals surface area contributed by atoms with Crippen molar-refractivity contribution < 1.29 is 24.3 Å². The van der Waals surface area contributed by atoms with Gasteiger partial charge in [-0.3, -0.25) is 9.63 Å². The Labute approximate surface area is 87.7 Å². The zero-order chi connectivity index (χ0) is 11.6. The Balaban J connectivity index is 2.47. The molecule has 6 heteroatoms. The van der Waals surface area contributed by atoms with E-state index < -0.39 is 23.6 Å². The van der Waals surface area contributed by atoms with Crippen molar-refractivity contribution in [1.82, 2.24) is 5.06 Å². The summed E-state index contributed by atoms with van der Waals surface area (Å²) >= 11 is 0. The van der Waals surface area contributed by atoms with E-state index in [1.807, 2.05) is 0 Å². The number of hydrogen-bond acceptors (Lipinski definition) is 4. The van der Waals surface area contributed by atoms with E-state index in [0.717, 1.165) is 5.06 Å². The van der Waals surface area contributed by atoms with Crippen LogP contribution in [-0.4, -0.2) is 41.0 Å². The molecular formula is C9H15NO5. The van der Waals surface area contributed by atoms with Gasteiger partial charge in [0, 0.05) is 0 Å². The van der Waals surface area contributed by atoms with Crippen LogP contribution in [0.25, 0.3) is 0 Å². The van der Waals surface area contributed by atoms with Crippen molar-refractivity contribution in [3.63, 3.8) is 0 Å². The van der Waals surface area contributed by atoms with Gasteiger partial charge < -0.3 is 9.84 Å². The Morgan fingerprint density at radius 2 is 2.07 bits per heavy atom. The zero-order valence-electron chi connectivity index (χ0n) is 9.02. The van der Waals surface area contributed by atoms with Gasteiger partial charge in [0.05, 0.1) is 13.2 Å². The summed E-state index contributed by atoms with van der Waals surface area (Å²) in [6.45, 7) is 5.24. The maximum Gasteiger partial charge on any atom is 0.434 e. The summed E-state index contributed by atoms with van der Waals surface area (Å²) in [7, 11) is 0. The monoisotopic (exact) mass is 217 g/mol. The van der Waals surface area contributed by atoms with Gasteiger partial charge >= 0.3 is 12.1 Å². The molecule has 1 saturated heterocycles. The van der Waals surface area contributed by atoms with Crippen LogP contribution >= 0.6 is 0 Å². The number of ether oxygens (including phenoxy) is 1. The number of carbonyl (C=O) groups is 2. The lowest BCUT2D eigenvalue weighted by Gasteiger charge is -2.23. The zero-order valence-corrected chi connectivity index (χ0v) is 9.02. The van der Waals surface area contributed by atoms with Crippen molar-refractivity contribution in [3.8, 4) is 0 Å². The smallest absolute Gasteiger partial charge is 0.434 e. The molecule has 0 aromatic heterocycles. The van der Waals surface area contributed by atoms with Crippen LogP contribution in [0.15, 0.2) is 0 Å². The number of nitrogens with zero attached hydrogens (tertiary/aromatic N) is 1. The van der Waals surface area contributed by atoms with Crippen LogP contribution in [0.4, 0.5) is 4.79 Å². The van der Waals surface area contributed by atoms with E-state index >= 15 is 0 Å². The molecule has 0 bridgehead atoms. The fourth-order valence-corrected chi connectivity index (χ4v) is 1.07. The minimum absolute atomic E-state index is 0.00851. The first kappa shape index (κ1) is 11.8. The third kappa shape index (κ3) is 3.39. The average Bonchev–Trinajstić information content (AvgIpc) is 2.47. The van der Waals surface area contributed by atoms with E-state index in [0.29, 0.717) is 0 Å². The van der Waals surface area contributed by atoms with Crippen LogP contribution in [0.1, 0.15) is 20.8 Å². The predicted octanol–water partition coefficient (Wildman–Crippen LogP) is 0.870. The molecule has 1 amide bonds. The number of carboxylic acid groups (broad SMARTS) is 1. The Morgan fingerprint density at radius 3 is 2.47 bits per heavy atom. The van der Waals surface area contributed by atoms with E-state index in [1.165, 1.54) is 0 Å². The molecule has 1 N–H and O–H groups in total. The van der Waals surface area contributed by atoms with Gasteiger partial charge in [-0.1, -0.05) is 0 Å². The molecule has 1 aliphatic heterocycles. The first-order chi connectivity index (χ1) is 6.79. The number of hydroxylamine groups is 2. The first-order valence-corrected chi connectivity index (χ1v) is 4.66. The van der Waals surface area contributed by atoms with Gasteiger partial charge in [-0.15, -0.1) is 0 Å². The highest BCUT2D eigenvalue weighted by atomic mass is 16.7. The molecule has 86 valence electrons. The summed E-state index contributed by atoms with van der Waals surface area (Å²) < 4.78 is 5.02. The van der Waals surface area contributed by atoms with Crippen LogP contribution in [0.5, 0.6) is 0 Å². The van der Waals surface area contributed by atoms with E-state index in [-0.39, 0.29) is 13.2 Å². The Morgan fingerprint density at radius 1 is 1.47 bits per heavy atom. The van der Waals surface area contributed by atoms with E-state index in [2.05, 4.69) is 0 Å². The van der Waals surface area contributed by atoms with Crippen molar-refractivity contribution in [2.45, 2.75) is 26.4 Å². The molecule has 1 fully saturated rings. The Kier molecular flexibility index (Phi) is 3.18. The number of aliphatic carboxylic acids is 1. The molecular weight excluding hydrogens is 202 g/mol. The summed E-state index contributed by atoms with van der Waals surface area (Å²) in [6, 6.07) is 0. The van der Waals surface area contributed by atoms with Crippen LogP contribution < -0.4 is 0 Å². The third-order valence-electron chi connectivity index (χ3n) is 1.76. The lowest BCUT2D eigenvalue weighted by atomic mass is 10.2. The topological polar surface area (TPSA) is 76.1 Å². The summed E-state index contributed by atoms with van der Waals surface area (Å²) in [6.07, 6.45) is -0.647. The third-order valence-corrected chi connectivity index (χ3v) is 1.76. The number of hydrogen-bond donors (Lipinski definition) is 1. The fraction of sp³-hybridized carbons (Fsp3) is 0.778. The van der Waals surface area contributed by atoms with Gasteiger partial charge in [0.1, 0.15) is 11.5 Å². The number of amides is 1. The molecule has 1 atom stereocenters. The second-order valence-electron chi connectivity index (χ2n) is 4.37. The van der Waals surface area contributed by atoms with Gasteiger partial charge in [-0.2, -0.15) is 5.06 Å². The summed E-state index contributed by atoms with van der Waals surface area (Å²) in [5, 5.41) is 9.64. The van der Waals surface area contributed by atoms with Gasteiger partial charge in [0.2, 0.25) is 0 Å². The number of carbonyl (C=O) groups excluding carboxylic acids is 1. The first-order valence-electron chi connectivity index (χ1n) is 4.66. The summed E-state index contributed by atoms with van der Waals surface area (Å²) in [5.41, 5.74) is -0.609. The molecule has 0 aromatic carbocycles. The van der Waals surface area contributed by atoms with Crippen molar-refractivity contribution in [2.24, 2.45) is 5.92 Å². The molecule has 0 unspecified atom stereocenters. The lowest BCUT2D eigenvalue weighted by Crippen LogP contribution is -2.35. The molecule has 1 heterocycles. The lowest BCUT2D eigenvalue weighted by molar-refractivity contribution is -0.141. The van der Waals surface area contributed by atoms with E-state index in [1.54, 1.807) is 20.8 Å². The SMILES string of the molecule is CC(C)(C)OC(=O)N1C[C@@H](C(=O)O)CO1. The quantitative estimate of drug-likeness (QED) is 0.705. The molecule has 0 aromatic rings. The molecule has 15 heavy (non-hydrogen) atoms. The molecule has 0 radical (unpaired) electrons. The fourth-order valence-electron chi connectivity index (χ4n) is 1.07. The second kappa shape index (κ2) is 4.06. The molecule has 6 nitrogen and oxygen atoms in total. The van der Waals surface area contributed by atoms with Gasteiger partial charge in [-0.05, 0) is 20.8 Å². The highest BCUT2D eigenvalue weighted by molar-refractivity contribution is 5.73. The summed E-state index contributed by atoms with van der Waals surface area (Å²) in [4.78, 5) is 26.9. The molecule has 0 spiro atoms. The Hall–Kier alpha value is -1.30. The van der Waals surface area contributed by atoms with Gasteiger partial charge in [-0.25, -0.2) is 4.79 Å². The maximum absolute atomic E-state index is 11.4. The van der Waals surface area contributed by atoms with Crippen LogP contribution in [-0.2, 0) is 14.4 Å². The molecule has 1 aliphatic rings. The Bertz CT molecular complexity index is 270. The van der Waals surface area contributed by atoms with Crippen molar-refractivity contribution in [1.29, 1.82) is 0 Å². The summed E-state index contributed by atoms with van der Waals surface area (Å²) in [5.74, 6) is -1.64. The average molecular weight is 217 g/mol. The number of carboxylic acids is 1. The molecule has 0 aliphatic carbocycles. The normalized spacial score (nSPS) is 21.5. The van der Waals surface area contributed by atoms with Crippen LogP contribution in [0.3, 0.4) is 0 Å². The second-order valence-corrected chi connectivity index (χ2v) is 4.37. The largest absolute Gasteiger partial charge is 0.481 e. The van der Waals surface area contributed by atoms with Crippen LogP contribution in [0.2, 0.25) is 0 Å². The molecule has 1 rings (SSSR count). The van der Waals surface area contributed by atoms with Crippen molar-refractivity contribution >= 4 is 12.1 Å².